The Kier molecular flexibility index (Phi) is 6.94. The van der Waals surface area contributed by atoms with Crippen LogP contribution in [0.25, 0.3) is 0 Å². The van der Waals surface area contributed by atoms with E-state index < -0.39 is 11.9 Å². The van der Waals surface area contributed by atoms with E-state index >= 15 is 0 Å². The van der Waals surface area contributed by atoms with E-state index in [4.69, 9.17) is 9.47 Å². The molecule has 0 saturated carbocycles. The standard InChI is InChI=1S/C18H24O4/c19-17(21-13-15-7-3-1-4-8-15)11-12-18(20)22-14-16-9-5-2-6-10-16/h1-3,5,11-12,15-16H,4,6-10,13-14H2/b12-11+. The Morgan fingerprint density at radius 1 is 0.818 bits per heavy atom. The van der Waals surface area contributed by atoms with Crippen molar-refractivity contribution < 1.29 is 19.1 Å². The summed E-state index contributed by atoms with van der Waals surface area (Å²) in [5.41, 5.74) is 0. The lowest BCUT2D eigenvalue weighted by molar-refractivity contribution is -0.141. The monoisotopic (exact) mass is 304 g/mol. The molecule has 0 fully saturated rings. The third-order valence-electron chi connectivity index (χ3n) is 4.03. The molecule has 0 amide bonds. The third-order valence-corrected chi connectivity index (χ3v) is 4.03. The van der Waals surface area contributed by atoms with Crippen LogP contribution in [0, 0.1) is 11.8 Å². The topological polar surface area (TPSA) is 52.6 Å². The first-order valence-electron chi connectivity index (χ1n) is 8.05. The molecule has 0 N–H and O–H groups in total. The van der Waals surface area contributed by atoms with Gasteiger partial charge in [0, 0.05) is 12.2 Å². The fraction of sp³-hybridized carbons (Fsp3) is 0.556. The zero-order valence-electron chi connectivity index (χ0n) is 12.9. The van der Waals surface area contributed by atoms with Gasteiger partial charge in [-0.05, 0) is 50.4 Å². The second-order valence-electron chi connectivity index (χ2n) is 5.89. The van der Waals surface area contributed by atoms with Gasteiger partial charge < -0.3 is 9.47 Å². The predicted molar refractivity (Wildman–Crippen MR) is 84.0 cm³/mol. The summed E-state index contributed by atoms with van der Waals surface area (Å²) in [6.07, 6.45) is 16.9. The highest BCUT2D eigenvalue weighted by molar-refractivity contribution is 5.91. The molecule has 120 valence electrons. The van der Waals surface area contributed by atoms with Gasteiger partial charge >= 0.3 is 11.9 Å². The molecular weight excluding hydrogens is 280 g/mol. The summed E-state index contributed by atoms with van der Waals surface area (Å²) in [4.78, 5) is 23.1. The minimum Gasteiger partial charge on any atom is -0.462 e. The Morgan fingerprint density at radius 3 is 1.64 bits per heavy atom. The lowest BCUT2D eigenvalue weighted by Gasteiger charge is -2.17. The first-order chi connectivity index (χ1) is 10.7. The van der Waals surface area contributed by atoms with Crippen molar-refractivity contribution in [3.63, 3.8) is 0 Å². The van der Waals surface area contributed by atoms with Crippen LogP contribution in [0.2, 0.25) is 0 Å². The van der Waals surface area contributed by atoms with Gasteiger partial charge in [-0.25, -0.2) is 9.59 Å². The van der Waals surface area contributed by atoms with Gasteiger partial charge in [-0.3, -0.25) is 0 Å². The van der Waals surface area contributed by atoms with Gasteiger partial charge in [0.1, 0.15) is 0 Å². The van der Waals surface area contributed by atoms with E-state index in [9.17, 15) is 9.59 Å². The number of hydrogen-bond acceptors (Lipinski definition) is 4. The number of rotatable bonds is 6. The molecule has 22 heavy (non-hydrogen) atoms. The second kappa shape index (κ2) is 9.23. The van der Waals surface area contributed by atoms with E-state index in [2.05, 4.69) is 24.3 Å². The smallest absolute Gasteiger partial charge is 0.331 e. The van der Waals surface area contributed by atoms with E-state index in [0.717, 1.165) is 50.7 Å². The lowest BCUT2D eigenvalue weighted by Crippen LogP contribution is -2.15. The Balaban J connectivity index is 1.60. The van der Waals surface area contributed by atoms with Crippen LogP contribution in [0.3, 0.4) is 0 Å². The summed E-state index contributed by atoms with van der Waals surface area (Å²) >= 11 is 0. The molecule has 2 rings (SSSR count). The number of allylic oxidation sites excluding steroid dienone is 4. The van der Waals surface area contributed by atoms with Crippen molar-refractivity contribution in [2.75, 3.05) is 13.2 Å². The van der Waals surface area contributed by atoms with Crippen molar-refractivity contribution in [3.8, 4) is 0 Å². The first kappa shape index (κ1) is 16.5. The van der Waals surface area contributed by atoms with Gasteiger partial charge in [0.05, 0.1) is 13.2 Å². The van der Waals surface area contributed by atoms with Crippen LogP contribution in [-0.2, 0) is 19.1 Å². The molecule has 0 aromatic carbocycles. The average Bonchev–Trinajstić information content (AvgIpc) is 2.58. The summed E-state index contributed by atoms with van der Waals surface area (Å²) in [6.45, 7) is 0.827. The van der Waals surface area contributed by atoms with E-state index in [1.165, 1.54) is 0 Å². The number of esters is 2. The molecule has 0 spiro atoms. The van der Waals surface area contributed by atoms with Crippen molar-refractivity contribution in [1.29, 1.82) is 0 Å². The molecule has 0 aliphatic heterocycles. The highest BCUT2D eigenvalue weighted by Crippen LogP contribution is 2.19. The molecule has 2 atom stereocenters. The van der Waals surface area contributed by atoms with Crippen LogP contribution in [-0.4, -0.2) is 25.2 Å². The number of carbonyl (C=O) groups is 2. The Hall–Kier alpha value is -1.84. The Bertz CT molecular complexity index is 420. The number of hydrogen-bond donors (Lipinski definition) is 0. The van der Waals surface area contributed by atoms with E-state index in [1.807, 2.05) is 0 Å². The third kappa shape index (κ3) is 6.29. The lowest BCUT2D eigenvalue weighted by atomic mass is 9.95. The SMILES string of the molecule is O=C(/C=C/C(=O)OCC1CC=CCC1)OCC1CC=CCC1. The van der Waals surface area contributed by atoms with Crippen LogP contribution < -0.4 is 0 Å². The van der Waals surface area contributed by atoms with Gasteiger partial charge in [-0.2, -0.15) is 0 Å². The molecule has 0 bridgehead atoms. The zero-order chi connectivity index (χ0) is 15.6. The molecule has 0 heterocycles. The van der Waals surface area contributed by atoms with Crippen molar-refractivity contribution >= 4 is 11.9 Å². The molecule has 4 heteroatoms. The molecule has 0 saturated heterocycles. The summed E-state index contributed by atoms with van der Waals surface area (Å²) in [5, 5.41) is 0. The maximum Gasteiger partial charge on any atom is 0.331 e. The van der Waals surface area contributed by atoms with Crippen molar-refractivity contribution in [2.45, 2.75) is 38.5 Å². The minimum atomic E-state index is -0.480. The largest absolute Gasteiger partial charge is 0.462 e. The molecule has 0 radical (unpaired) electrons. The molecule has 0 aromatic heterocycles. The van der Waals surface area contributed by atoms with Gasteiger partial charge in [0.2, 0.25) is 0 Å². The molecule has 2 aliphatic carbocycles. The van der Waals surface area contributed by atoms with Crippen LogP contribution >= 0.6 is 0 Å². The Labute approximate surface area is 131 Å². The van der Waals surface area contributed by atoms with Gasteiger partial charge in [-0.15, -0.1) is 0 Å². The van der Waals surface area contributed by atoms with E-state index in [1.54, 1.807) is 0 Å². The normalized spacial score (nSPS) is 24.4. The summed E-state index contributed by atoms with van der Waals surface area (Å²) < 4.78 is 10.3. The summed E-state index contributed by atoms with van der Waals surface area (Å²) in [5.74, 6) is -0.165. The highest BCUT2D eigenvalue weighted by atomic mass is 16.5. The molecule has 0 aromatic rings. The van der Waals surface area contributed by atoms with E-state index in [-0.39, 0.29) is 0 Å². The molecule has 4 nitrogen and oxygen atoms in total. The highest BCUT2D eigenvalue weighted by Gasteiger charge is 2.13. The van der Waals surface area contributed by atoms with Crippen molar-refractivity contribution in [3.05, 3.63) is 36.5 Å². The quantitative estimate of drug-likeness (QED) is 0.429. The number of carbonyl (C=O) groups excluding carboxylic acids is 2. The van der Waals surface area contributed by atoms with Crippen LogP contribution in [0.4, 0.5) is 0 Å². The summed E-state index contributed by atoms with van der Waals surface area (Å²) in [7, 11) is 0. The summed E-state index contributed by atoms with van der Waals surface area (Å²) in [6, 6.07) is 0. The molecule has 2 unspecified atom stereocenters. The van der Waals surface area contributed by atoms with Crippen LogP contribution in [0.5, 0.6) is 0 Å². The predicted octanol–water partition coefficient (Wildman–Crippen LogP) is 3.34. The molecular formula is C18H24O4. The average molecular weight is 304 g/mol. The second-order valence-corrected chi connectivity index (χ2v) is 5.89. The first-order valence-corrected chi connectivity index (χ1v) is 8.05. The van der Waals surface area contributed by atoms with Gasteiger partial charge in [0.25, 0.3) is 0 Å². The fourth-order valence-corrected chi connectivity index (χ4v) is 2.65. The fourth-order valence-electron chi connectivity index (χ4n) is 2.65. The van der Waals surface area contributed by atoms with Gasteiger partial charge in [-0.1, -0.05) is 24.3 Å². The van der Waals surface area contributed by atoms with Crippen LogP contribution in [0.1, 0.15) is 38.5 Å². The minimum absolute atomic E-state index is 0.397. The van der Waals surface area contributed by atoms with Crippen molar-refractivity contribution in [1.82, 2.24) is 0 Å². The number of ether oxygens (including phenoxy) is 2. The maximum atomic E-state index is 11.6. The zero-order valence-corrected chi connectivity index (χ0v) is 12.9. The van der Waals surface area contributed by atoms with Crippen LogP contribution in [0.15, 0.2) is 36.5 Å². The van der Waals surface area contributed by atoms with Gasteiger partial charge in [0.15, 0.2) is 0 Å². The van der Waals surface area contributed by atoms with E-state index in [0.29, 0.717) is 25.0 Å². The Morgan fingerprint density at radius 2 is 1.27 bits per heavy atom. The van der Waals surface area contributed by atoms with Crippen molar-refractivity contribution in [2.24, 2.45) is 11.8 Å². The maximum absolute atomic E-state index is 11.6. The molecule has 2 aliphatic rings.